The van der Waals surface area contributed by atoms with Gasteiger partial charge in [-0.25, -0.2) is 0 Å². The highest BCUT2D eigenvalue weighted by molar-refractivity contribution is 5.82. The van der Waals surface area contributed by atoms with Crippen molar-refractivity contribution >= 4 is 10.8 Å². The van der Waals surface area contributed by atoms with Gasteiger partial charge in [0.2, 0.25) is 0 Å². The first kappa shape index (κ1) is 9.79. The topological polar surface area (TPSA) is 33.1 Å². The van der Waals surface area contributed by atoms with Gasteiger partial charge >= 0.3 is 0 Å². The van der Waals surface area contributed by atoms with E-state index in [1.807, 2.05) is 13.1 Å². The Hall–Kier alpha value is -1.41. The zero-order chi connectivity index (χ0) is 11.2. The van der Waals surface area contributed by atoms with Crippen LogP contribution in [0.5, 0.6) is 0 Å². The average Bonchev–Trinajstić information content (AvgIpc) is 2.96. The van der Waals surface area contributed by atoms with E-state index >= 15 is 0 Å². The van der Waals surface area contributed by atoms with Gasteiger partial charge in [0, 0.05) is 23.7 Å². The fraction of sp³-hybridized carbons (Fsp3) is 0.357. The number of rotatable bonds is 2. The molecule has 1 aromatic carbocycles. The number of benzene rings is 1. The normalized spacial score (nSPS) is 17.6. The van der Waals surface area contributed by atoms with Gasteiger partial charge < -0.3 is 5.11 Å². The van der Waals surface area contributed by atoms with Crippen molar-refractivity contribution in [1.29, 1.82) is 0 Å². The summed E-state index contributed by atoms with van der Waals surface area (Å²) in [7, 11) is 0. The maximum Gasteiger partial charge on any atom is 0.0690 e. The fourth-order valence-corrected chi connectivity index (χ4v) is 2.11. The summed E-state index contributed by atoms with van der Waals surface area (Å²) < 4.78 is 0. The van der Waals surface area contributed by atoms with Gasteiger partial charge in [0.25, 0.3) is 0 Å². The molecule has 1 fully saturated rings. The highest BCUT2D eigenvalue weighted by atomic mass is 16.3. The molecule has 0 unspecified atom stereocenters. The minimum Gasteiger partial charge on any atom is -0.390 e. The Kier molecular flexibility index (Phi) is 2.01. The summed E-state index contributed by atoms with van der Waals surface area (Å²) >= 11 is 0. The van der Waals surface area contributed by atoms with Gasteiger partial charge in [0.15, 0.2) is 0 Å². The molecule has 2 heteroatoms. The summed E-state index contributed by atoms with van der Waals surface area (Å²) in [5.41, 5.74) is 1.84. The second-order valence-electron chi connectivity index (χ2n) is 4.91. The molecule has 3 rings (SSSR count). The number of hydrogen-bond donors (Lipinski definition) is 1. The molecule has 82 valence electrons. The van der Waals surface area contributed by atoms with Gasteiger partial charge in [-0.15, -0.1) is 0 Å². The molecule has 2 nitrogen and oxygen atoms in total. The number of aromatic nitrogens is 1. The zero-order valence-corrected chi connectivity index (χ0v) is 9.40. The third-order valence-electron chi connectivity index (χ3n) is 3.28. The van der Waals surface area contributed by atoms with Gasteiger partial charge in [-0.1, -0.05) is 12.1 Å². The SMILES string of the molecule is Cc1cc2ccc(CC3(O)CC3)cc2cn1. The van der Waals surface area contributed by atoms with Crippen LogP contribution in [0.3, 0.4) is 0 Å². The predicted octanol–water partition coefficient (Wildman–Crippen LogP) is 2.61. The molecule has 2 aromatic rings. The second-order valence-corrected chi connectivity index (χ2v) is 4.91. The van der Waals surface area contributed by atoms with E-state index in [-0.39, 0.29) is 0 Å². The molecule has 0 spiro atoms. The lowest BCUT2D eigenvalue weighted by atomic mass is 10.0. The Bertz CT molecular complexity index is 543. The fourth-order valence-electron chi connectivity index (χ4n) is 2.11. The standard InChI is InChI=1S/C14H15NO/c1-10-6-12-3-2-11(7-13(12)9-15-10)8-14(16)4-5-14/h2-3,6-7,9,16H,4-5,8H2,1H3. The van der Waals surface area contributed by atoms with Gasteiger partial charge in [0.05, 0.1) is 5.60 Å². The highest BCUT2D eigenvalue weighted by Gasteiger charge is 2.39. The molecular weight excluding hydrogens is 198 g/mol. The van der Waals surface area contributed by atoms with E-state index in [0.29, 0.717) is 0 Å². The maximum atomic E-state index is 9.88. The highest BCUT2D eigenvalue weighted by Crippen LogP contribution is 2.38. The van der Waals surface area contributed by atoms with Gasteiger partial charge in [-0.2, -0.15) is 0 Å². The van der Waals surface area contributed by atoms with E-state index in [4.69, 9.17) is 0 Å². The number of nitrogens with zero attached hydrogens (tertiary/aromatic N) is 1. The molecule has 1 aliphatic rings. The van der Waals surface area contributed by atoms with Crippen LogP contribution in [0.2, 0.25) is 0 Å². The van der Waals surface area contributed by atoms with Crippen molar-refractivity contribution in [1.82, 2.24) is 4.98 Å². The predicted molar refractivity (Wildman–Crippen MR) is 64.4 cm³/mol. The lowest BCUT2D eigenvalue weighted by Gasteiger charge is -2.08. The Morgan fingerprint density at radius 2 is 2.06 bits per heavy atom. The first-order chi connectivity index (χ1) is 7.65. The molecular formula is C14H15NO. The summed E-state index contributed by atoms with van der Waals surface area (Å²) in [6, 6.07) is 8.45. The molecule has 1 N–H and O–H groups in total. The minimum atomic E-state index is -0.411. The van der Waals surface area contributed by atoms with Crippen LogP contribution in [0.15, 0.2) is 30.5 Å². The number of pyridine rings is 1. The second kappa shape index (κ2) is 3.29. The molecule has 0 atom stereocenters. The third-order valence-corrected chi connectivity index (χ3v) is 3.28. The summed E-state index contributed by atoms with van der Waals surface area (Å²) in [6.07, 6.45) is 4.57. The quantitative estimate of drug-likeness (QED) is 0.831. The maximum absolute atomic E-state index is 9.88. The van der Waals surface area contributed by atoms with Crippen LogP contribution in [-0.2, 0) is 6.42 Å². The summed E-state index contributed by atoms with van der Waals surface area (Å²) in [5.74, 6) is 0. The first-order valence-electron chi connectivity index (χ1n) is 5.72. The molecule has 0 radical (unpaired) electrons. The van der Waals surface area contributed by atoms with Crippen molar-refractivity contribution in [3.63, 3.8) is 0 Å². The van der Waals surface area contributed by atoms with Gasteiger partial charge in [-0.05, 0) is 42.8 Å². The van der Waals surface area contributed by atoms with Crippen LogP contribution in [0.4, 0.5) is 0 Å². The van der Waals surface area contributed by atoms with Crippen LogP contribution in [0.25, 0.3) is 10.8 Å². The third kappa shape index (κ3) is 1.81. The van der Waals surface area contributed by atoms with Crippen molar-refractivity contribution in [2.24, 2.45) is 0 Å². The van der Waals surface area contributed by atoms with Crippen LogP contribution in [-0.4, -0.2) is 15.7 Å². The number of hydrogen-bond acceptors (Lipinski definition) is 2. The Balaban J connectivity index is 1.99. The Morgan fingerprint density at radius 1 is 1.25 bits per heavy atom. The van der Waals surface area contributed by atoms with Crippen LogP contribution in [0.1, 0.15) is 24.1 Å². The largest absolute Gasteiger partial charge is 0.390 e. The average molecular weight is 213 g/mol. The van der Waals surface area contributed by atoms with Crippen LogP contribution >= 0.6 is 0 Å². The summed E-state index contributed by atoms with van der Waals surface area (Å²) in [5, 5.41) is 12.3. The van der Waals surface area contributed by atoms with E-state index in [2.05, 4.69) is 29.2 Å². The minimum absolute atomic E-state index is 0.411. The van der Waals surface area contributed by atoms with Crippen LogP contribution < -0.4 is 0 Å². The van der Waals surface area contributed by atoms with Crippen LogP contribution in [0, 0.1) is 6.92 Å². The number of fused-ring (bicyclic) bond motifs is 1. The molecule has 0 amide bonds. The smallest absolute Gasteiger partial charge is 0.0690 e. The van der Waals surface area contributed by atoms with Gasteiger partial charge in [-0.3, -0.25) is 4.98 Å². The number of aliphatic hydroxyl groups is 1. The van der Waals surface area contributed by atoms with Gasteiger partial charge in [0.1, 0.15) is 0 Å². The van der Waals surface area contributed by atoms with Crippen molar-refractivity contribution < 1.29 is 5.11 Å². The van der Waals surface area contributed by atoms with E-state index in [1.54, 1.807) is 0 Å². The lowest BCUT2D eigenvalue weighted by Crippen LogP contribution is -2.10. The molecule has 1 aromatic heterocycles. The first-order valence-corrected chi connectivity index (χ1v) is 5.72. The molecule has 1 heterocycles. The van der Waals surface area contributed by atoms with Crippen molar-refractivity contribution in [3.8, 4) is 0 Å². The summed E-state index contributed by atoms with van der Waals surface area (Å²) in [4.78, 5) is 4.30. The monoisotopic (exact) mass is 213 g/mol. The molecule has 1 aliphatic carbocycles. The molecule has 0 saturated heterocycles. The molecule has 1 saturated carbocycles. The number of aryl methyl sites for hydroxylation is 1. The summed E-state index contributed by atoms with van der Waals surface area (Å²) in [6.45, 7) is 2.00. The molecule has 0 aliphatic heterocycles. The zero-order valence-electron chi connectivity index (χ0n) is 9.40. The lowest BCUT2D eigenvalue weighted by molar-refractivity contribution is 0.151. The molecule has 16 heavy (non-hydrogen) atoms. The Labute approximate surface area is 94.9 Å². The van der Waals surface area contributed by atoms with Crippen molar-refractivity contribution in [2.45, 2.75) is 31.8 Å². The van der Waals surface area contributed by atoms with E-state index in [0.717, 1.165) is 30.3 Å². The van der Waals surface area contributed by atoms with E-state index in [1.165, 1.54) is 10.9 Å². The molecule has 0 bridgehead atoms. The van der Waals surface area contributed by atoms with E-state index in [9.17, 15) is 5.11 Å². The van der Waals surface area contributed by atoms with Crippen molar-refractivity contribution in [3.05, 3.63) is 41.7 Å². The van der Waals surface area contributed by atoms with E-state index < -0.39 is 5.60 Å². The van der Waals surface area contributed by atoms with Crippen molar-refractivity contribution in [2.75, 3.05) is 0 Å². The Morgan fingerprint density at radius 3 is 2.81 bits per heavy atom.